The first kappa shape index (κ1) is 27.4. The third-order valence-electron chi connectivity index (χ3n) is 3.09. The Kier molecular flexibility index (Phi) is 22.3. The lowest BCUT2D eigenvalue weighted by molar-refractivity contribution is -0.113. The number of carbonyl (C=O) groups is 1. The van der Waals surface area contributed by atoms with Crippen LogP contribution in [0.4, 0.5) is 0 Å². The maximum atomic E-state index is 11.7. The monoisotopic (exact) mass is 337 g/mol. The van der Waals surface area contributed by atoms with Crippen LogP contribution in [0.3, 0.4) is 0 Å². The number of Topliss-reactive ketones (excluding diaryl/α,β-unsaturated/α-hetero) is 1. The van der Waals surface area contributed by atoms with Crippen molar-refractivity contribution in [3.05, 3.63) is 35.5 Å². The summed E-state index contributed by atoms with van der Waals surface area (Å²) in [7, 11) is 1.70. The highest BCUT2D eigenvalue weighted by molar-refractivity contribution is 6.00. The first-order chi connectivity index (χ1) is 11.6. The number of hydrogen-bond acceptors (Lipinski definition) is 3. The molecule has 0 heterocycles. The molecular formula is C21H39NO2. The van der Waals surface area contributed by atoms with Gasteiger partial charge in [0.2, 0.25) is 0 Å². The second kappa shape index (κ2) is 19.6. The molecule has 24 heavy (non-hydrogen) atoms. The second-order valence-corrected chi connectivity index (χ2v) is 4.46. The van der Waals surface area contributed by atoms with Gasteiger partial charge in [0.15, 0.2) is 5.78 Å². The van der Waals surface area contributed by atoms with Crippen molar-refractivity contribution in [2.75, 3.05) is 7.05 Å². The molecule has 1 aliphatic carbocycles. The average Bonchev–Trinajstić information content (AvgIpc) is 2.80. The predicted octanol–water partition coefficient (Wildman–Crippen LogP) is 5.70. The van der Waals surface area contributed by atoms with Crippen molar-refractivity contribution in [2.24, 2.45) is 4.99 Å². The summed E-state index contributed by atoms with van der Waals surface area (Å²) >= 11 is 0. The van der Waals surface area contributed by atoms with E-state index in [-0.39, 0.29) is 5.78 Å². The van der Waals surface area contributed by atoms with Crippen LogP contribution < -0.4 is 0 Å². The molecule has 0 aromatic rings. The van der Waals surface area contributed by atoms with Crippen LogP contribution in [-0.2, 0) is 4.79 Å². The van der Waals surface area contributed by atoms with Crippen LogP contribution in [0.15, 0.2) is 40.4 Å². The molecule has 0 saturated heterocycles. The Morgan fingerprint density at radius 1 is 1.17 bits per heavy atom. The minimum atomic E-state index is -0.587. The molecule has 3 nitrogen and oxygen atoms in total. The molecule has 0 aliphatic heterocycles. The molecule has 0 bridgehead atoms. The fourth-order valence-electron chi connectivity index (χ4n) is 2.30. The van der Waals surface area contributed by atoms with Crippen molar-refractivity contribution in [3.63, 3.8) is 0 Å². The summed E-state index contributed by atoms with van der Waals surface area (Å²) in [5.74, 6) is -0.0483. The van der Waals surface area contributed by atoms with E-state index in [4.69, 9.17) is 0 Å². The highest BCUT2D eigenvalue weighted by Gasteiger charge is 2.23. The highest BCUT2D eigenvalue weighted by Crippen LogP contribution is 2.29. The molecule has 1 unspecified atom stereocenters. The van der Waals surface area contributed by atoms with Gasteiger partial charge in [0.25, 0.3) is 0 Å². The third-order valence-corrected chi connectivity index (χ3v) is 3.09. The fourth-order valence-corrected chi connectivity index (χ4v) is 2.30. The molecule has 1 rings (SSSR count). The zero-order valence-electron chi connectivity index (χ0n) is 17.1. The normalized spacial score (nSPS) is 17.4. The molecule has 3 heteroatoms. The Morgan fingerprint density at radius 3 is 2.12 bits per heavy atom. The Bertz CT molecular complexity index is 418. The van der Waals surface area contributed by atoms with Crippen LogP contribution >= 0.6 is 0 Å². The first-order valence-electron chi connectivity index (χ1n) is 9.29. The minimum absolute atomic E-state index is 0.0483. The summed E-state index contributed by atoms with van der Waals surface area (Å²) in [5.41, 5.74) is 2.24. The summed E-state index contributed by atoms with van der Waals surface area (Å²) in [4.78, 5) is 15.8. The van der Waals surface area contributed by atoms with Gasteiger partial charge < -0.3 is 5.11 Å². The number of hydrogen-bond donors (Lipinski definition) is 1. The van der Waals surface area contributed by atoms with Crippen LogP contribution in [0.1, 0.15) is 74.1 Å². The van der Waals surface area contributed by atoms with Gasteiger partial charge in [-0.25, -0.2) is 0 Å². The molecule has 0 radical (unpaired) electrons. The maximum absolute atomic E-state index is 11.7. The number of nitrogens with zero attached hydrogens (tertiary/aromatic N) is 1. The molecule has 0 spiro atoms. The van der Waals surface area contributed by atoms with E-state index in [2.05, 4.69) is 11.6 Å². The van der Waals surface area contributed by atoms with Crippen LogP contribution in [0.2, 0.25) is 0 Å². The Morgan fingerprint density at radius 2 is 1.71 bits per heavy atom. The van der Waals surface area contributed by atoms with Crippen LogP contribution in [0.5, 0.6) is 0 Å². The summed E-state index contributed by atoms with van der Waals surface area (Å²) in [5, 5.41) is 10.2. The lowest BCUT2D eigenvalue weighted by Crippen LogP contribution is -2.17. The van der Waals surface area contributed by atoms with E-state index in [1.807, 2.05) is 41.5 Å². The van der Waals surface area contributed by atoms with Crippen LogP contribution in [-0.4, -0.2) is 30.3 Å². The summed E-state index contributed by atoms with van der Waals surface area (Å²) < 4.78 is 0. The van der Waals surface area contributed by atoms with Crippen LogP contribution in [0.25, 0.3) is 0 Å². The number of ketones is 1. The van der Waals surface area contributed by atoms with E-state index in [1.54, 1.807) is 25.4 Å². The van der Waals surface area contributed by atoms with Gasteiger partial charge in [0.1, 0.15) is 0 Å². The molecule has 140 valence electrons. The standard InChI is InChI=1S/C15H21NO2.3C2H6/c1-4-7-13(11(2)17)15-12(10-16-3)8-5-6-9-14(15)18;3*1-2/h4,7,10,14,18H,1,5-6,8-9H2,2-3H3;3*1-2H3/b13-7-,16-10?;;;. The number of aliphatic hydroxyl groups excluding tert-OH is 1. The maximum Gasteiger partial charge on any atom is 0.160 e. The van der Waals surface area contributed by atoms with Gasteiger partial charge in [0.05, 0.1) is 6.10 Å². The largest absolute Gasteiger partial charge is 0.388 e. The Balaban J connectivity index is -0.000000659. The van der Waals surface area contributed by atoms with Gasteiger partial charge in [-0.3, -0.25) is 9.79 Å². The SMILES string of the molecule is C=C/C=C(/C(C)=O)C1=C(C=NC)CCCCC1O.CC.CC.CC. The predicted molar refractivity (Wildman–Crippen MR) is 109 cm³/mol. The van der Waals surface area contributed by atoms with E-state index >= 15 is 0 Å². The van der Waals surface area contributed by atoms with E-state index in [9.17, 15) is 9.90 Å². The van der Waals surface area contributed by atoms with Gasteiger partial charge in [0, 0.05) is 18.8 Å². The highest BCUT2D eigenvalue weighted by atomic mass is 16.3. The molecule has 1 aliphatic rings. The zero-order valence-corrected chi connectivity index (χ0v) is 17.1. The Hall–Kier alpha value is -1.48. The van der Waals surface area contributed by atoms with Gasteiger partial charge in [-0.15, -0.1) is 0 Å². The summed E-state index contributed by atoms with van der Waals surface area (Å²) in [6, 6.07) is 0. The van der Waals surface area contributed by atoms with Crippen molar-refractivity contribution >= 4 is 12.0 Å². The lowest BCUT2D eigenvalue weighted by Gasteiger charge is -2.17. The third kappa shape index (κ3) is 10.3. The Labute approximate surface area is 150 Å². The topological polar surface area (TPSA) is 49.7 Å². The van der Waals surface area contributed by atoms with E-state index in [0.717, 1.165) is 30.4 Å². The molecule has 0 aromatic carbocycles. The second-order valence-electron chi connectivity index (χ2n) is 4.46. The van der Waals surface area contributed by atoms with Crippen molar-refractivity contribution in [1.29, 1.82) is 0 Å². The zero-order chi connectivity index (χ0) is 19.5. The minimum Gasteiger partial charge on any atom is -0.388 e. The fraction of sp³-hybridized carbons (Fsp3) is 0.619. The lowest BCUT2D eigenvalue weighted by atomic mass is 9.91. The quantitative estimate of drug-likeness (QED) is 0.406. The van der Waals surface area contributed by atoms with Crippen molar-refractivity contribution < 1.29 is 9.90 Å². The number of aliphatic imine (C=N–C) groups is 1. The molecule has 1 atom stereocenters. The number of aliphatic hydroxyl groups is 1. The summed E-state index contributed by atoms with van der Waals surface area (Å²) in [6.07, 6.45) is 7.95. The van der Waals surface area contributed by atoms with Gasteiger partial charge in [-0.05, 0) is 37.3 Å². The smallest absolute Gasteiger partial charge is 0.160 e. The first-order valence-corrected chi connectivity index (χ1v) is 9.29. The number of carbonyl (C=O) groups excluding carboxylic acids is 1. The molecule has 0 aromatic heterocycles. The molecule has 1 N–H and O–H groups in total. The van der Waals surface area contributed by atoms with Crippen molar-refractivity contribution in [2.45, 2.75) is 80.3 Å². The van der Waals surface area contributed by atoms with Gasteiger partial charge in [-0.2, -0.15) is 0 Å². The van der Waals surface area contributed by atoms with Gasteiger partial charge >= 0.3 is 0 Å². The molecule has 0 saturated carbocycles. The molecular weight excluding hydrogens is 298 g/mol. The van der Waals surface area contributed by atoms with Crippen molar-refractivity contribution in [3.8, 4) is 0 Å². The average molecular weight is 338 g/mol. The van der Waals surface area contributed by atoms with E-state index < -0.39 is 6.10 Å². The molecule has 0 fully saturated rings. The van der Waals surface area contributed by atoms with Crippen molar-refractivity contribution in [1.82, 2.24) is 0 Å². The van der Waals surface area contributed by atoms with Gasteiger partial charge in [-0.1, -0.05) is 66.7 Å². The van der Waals surface area contributed by atoms with Crippen LogP contribution in [0, 0.1) is 0 Å². The molecule has 0 amide bonds. The summed E-state index contributed by atoms with van der Waals surface area (Å²) in [6.45, 7) is 17.1. The number of allylic oxidation sites excluding steroid dienone is 3. The van der Waals surface area contributed by atoms with E-state index in [1.165, 1.54) is 6.92 Å². The van der Waals surface area contributed by atoms with E-state index in [0.29, 0.717) is 12.0 Å². The number of rotatable bonds is 4.